The van der Waals surface area contributed by atoms with Gasteiger partial charge in [0.1, 0.15) is 0 Å². The van der Waals surface area contributed by atoms with Crippen LogP contribution in [0.25, 0.3) is 0 Å². The maximum Gasteiger partial charge on any atom is -0.00180 e. The molecular formula is C9H17N. The summed E-state index contributed by atoms with van der Waals surface area (Å²) in [6.45, 7) is 3.71. The highest BCUT2D eigenvalue weighted by atomic mass is 14.8. The van der Waals surface area contributed by atoms with Crippen LogP contribution in [0, 0.1) is 17.3 Å². The molecule has 0 aromatic rings. The molecule has 2 fully saturated rings. The predicted octanol–water partition coefficient (Wildman–Crippen LogP) is 1.64. The molecule has 0 saturated heterocycles. The van der Waals surface area contributed by atoms with Crippen LogP contribution in [0.5, 0.6) is 0 Å². The van der Waals surface area contributed by atoms with Crippen LogP contribution in [0.2, 0.25) is 0 Å². The van der Waals surface area contributed by atoms with Crippen molar-refractivity contribution in [3.63, 3.8) is 0 Å². The molecule has 0 aromatic carbocycles. The van der Waals surface area contributed by atoms with E-state index in [4.69, 9.17) is 0 Å². The van der Waals surface area contributed by atoms with Crippen LogP contribution in [-0.2, 0) is 0 Å². The van der Waals surface area contributed by atoms with E-state index in [2.05, 4.69) is 19.3 Å². The Morgan fingerprint density at radius 3 is 2.70 bits per heavy atom. The molecule has 58 valence electrons. The molecule has 2 saturated carbocycles. The Bertz CT molecular complexity index is 140. The maximum absolute atomic E-state index is 3.27. The highest BCUT2D eigenvalue weighted by molar-refractivity contribution is 5.07. The molecule has 2 rings (SSSR count). The van der Waals surface area contributed by atoms with Gasteiger partial charge in [-0.25, -0.2) is 0 Å². The van der Waals surface area contributed by atoms with E-state index in [0.29, 0.717) is 0 Å². The first kappa shape index (κ1) is 6.66. The van der Waals surface area contributed by atoms with Crippen LogP contribution >= 0.6 is 0 Å². The maximum atomic E-state index is 3.27. The third-order valence-electron chi connectivity index (χ3n) is 3.42. The van der Waals surface area contributed by atoms with Gasteiger partial charge in [-0.3, -0.25) is 0 Å². The third-order valence-corrected chi connectivity index (χ3v) is 3.42. The molecule has 2 unspecified atom stereocenters. The zero-order chi connectivity index (χ0) is 7.19. The van der Waals surface area contributed by atoms with Crippen molar-refractivity contribution in [1.29, 1.82) is 0 Å². The minimum absolute atomic E-state index is 0.767. The minimum Gasteiger partial charge on any atom is -0.319 e. The SMILES string of the molecule is CNCC1CC1(C)C1CC1. The molecule has 0 spiro atoms. The Balaban J connectivity index is 1.85. The first-order chi connectivity index (χ1) is 4.77. The van der Waals surface area contributed by atoms with E-state index >= 15 is 0 Å². The van der Waals surface area contributed by atoms with Gasteiger partial charge in [-0.2, -0.15) is 0 Å². The number of hydrogen-bond acceptors (Lipinski definition) is 1. The lowest BCUT2D eigenvalue weighted by atomic mass is 10.0. The average Bonchev–Trinajstić information content (AvgIpc) is 2.67. The fourth-order valence-corrected chi connectivity index (χ4v) is 2.27. The van der Waals surface area contributed by atoms with E-state index in [1.165, 1.54) is 25.8 Å². The van der Waals surface area contributed by atoms with Gasteiger partial charge in [-0.15, -0.1) is 0 Å². The van der Waals surface area contributed by atoms with Crippen molar-refractivity contribution >= 4 is 0 Å². The average molecular weight is 139 g/mol. The van der Waals surface area contributed by atoms with Gasteiger partial charge in [0.15, 0.2) is 0 Å². The van der Waals surface area contributed by atoms with Crippen molar-refractivity contribution in [1.82, 2.24) is 5.32 Å². The Labute approximate surface area is 63.2 Å². The van der Waals surface area contributed by atoms with E-state index in [9.17, 15) is 0 Å². The highest BCUT2D eigenvalue weighted by Gasteiger charge is 2.57. The van der Waals surface area contributed by atoms with Crippen LogP contribution < -0.4 is 5.32 Å². The van der Waals surface area contributed by atoms with Crippen LogP contribution in [0.1, 0.15) is 26.2 Å². The van der Waals surface area contributed by atoms with Crippen LogP contribution in [0.4, 0.5) is 0 Å². The van der Waals surface area contributed by atoms with Gasteiger partial charge in [-0.05, 0) is 50.1 Å². The van der Waals surface area contributed by atoms with Crippen molar-refractivity contribution in [3.05, 3.63) is 0 Å². The van der Waals surface area contributed by atoms with Gasteiger partial charge < -0.3 is 5.32 Å². The fraction of sp³-hybridized carbons (Fsp3) is 1.00. The molecule has 0 aliphatic heterocycles. The number of rotatable bonds is 3. The molecule has 1 N–H and O–H groups in total. The zero-order valence-electron chi connectivity index (χ0n) is 6.98. The van der Waals surface area contributed by atoms with Crippen LogP contribution in [-0.4, -0.2) is 13.6 Å². The molecular weight excluding hydrogens is 122 g/mol. The lowest BCUT2D eigenvalue weighted by molar-refractivity contribution is 0.429. The summed E-state index contributed by atoms with van der Waals surface area (Å²) in [7, 11) is 2.06. The normalized spacial score (nSPS) is 45.6. The van der Waals surface area contributed by atoms with Gasteiger partial charge in [0.05, 0.1) is 0 Å². The number of nitrogens with one attached hydrogen (secondary N) is 1. The standard InChI is InChI=1S/C9H17N/c1-9(7-3-4-7)5-8(9)6-10-2/h7-8,10H,3-6H2,1-2H3. The summed E-state index contributed by atoms with van der Waals surface area (Å²) >= 11 is 0. The Morgan fingerprint density at radius 2 is 2.20 bits per heavy atom. The number of hydrogen-bond donors (Lipinski definition) is 1. The topological polar surface area (TPSA) is 12.0 Å². The van der Waals surface area contributed by atoms with Crippen molar-refractivity contribution in [2.45, 2.75) is 26.2 Å². The molecule has 0 heterocycles. The summed E-state index contributed by atoms with van der Waals surface area (Å²) in [6.07, 6.45) is 4.51. The second kappa shape index (κ2) is 1.97. The zero-order valence-corrected chi connectivity index (χ0v) is 6.98. The Hall–Kier alpha value is -0.0400. The third kappa shape index (κ3) is 0.878. The van der Waals surface area contributed by atoms with Gasteiger partial charge in [-0.1, -0.05) is 6.92 Å². The van der Waals surface area contributed by atoms with Crippen molar-refractivity contribution in [2.75, 3.05) is 13.6 Å². The molecule has 1 heteroatoms. The molecule has 1 nitrogen and oxygen atoms in total. The van der Waals surface area contributed by atoms with E-state index < -0.39 is 0 Å². The van der Waals surface area contributed by atoms with Gasteiger partial charge in [0.25, 0.3) is 0 Å². The van der Waals surface area contributed by atoms with E-state index in [0.717, 1.165) is 17.3 Å². The summed E-state index contributed by atoms with van der Waals surface area (Å²) in [4.78, 5) is 0. The smallest absolute Gasteiger partial charge is 0.00180 e. The van der Waals surface area contributed by atoms with E-state index in [-0.39, 0.29) is 0 Å². The summed E-state index contributed by atoms with van der Waals surface area (Å²) in [5.41, 5.74) is 0.767. The highest BCUT2D eigenvalue weighted by Crippen LogP contribution is 2.64. The first-order valence-electron chi connectivity index (χ1n) is 4.42. The van der Waals surface area contributed by atoms with Crippen molar-refractivity contribution < 1.29 is 0 Å². The van der Waals surface area contributed by atoms with E-state index in [1.54, 1.807) is 0 Å². The van der Waals surface area contributed by atoms with Crippen molar-refractivity contribution in [3.8, 4) is 0 Å². The molecule has 10 heavy (non-hydrogen) atoms. The first-order valence-corrected chi connectivity index (χ1v) is 4.42. The minimum atomic E-state index is 0.767. The summed E-state index contributed by atoms with van der Waals surface area (Å²) in [5.74, 6) is 2.11. The largest absolute Gasteiger partial charge is 0.319 e. The lowest BCUT2D eigenvalue weighted by Gasteiger charge is -2.07. The van der Waals surface area contributed by atoms with Crippen LogP contribution in [0.15, 0.2) is 0 Å². The molecule has 0 aromatic heterocycles. The Kier molecular flexibility index (Phi) is 1.31. The molecule has 2 aliphatic carbocycles. The molecule has 2 aliphatic rings. The van der Waals surface area contributed by atoms with Crippen molar-refractivity contribution in [2.24, 2.45) is 17.3 Å². The molecule has 0 bridgehead atoms. The quantitative estimate of drug-likeness (QED) is 0.627. The predicted molar refractivity (Wildman–Crippen MR) is 42.9 cm³/mol. The van der Waals surface area contributed by atoms with E-state index in [1.807, 2.05) is 0 Å². The Morgan fingerprint density at radius 1 is 1.50 bits per heavy atom. The summed E-state index contributed by atoms with van der Waals surface area (Å²) in [5, 5.41) is 3.27. The second-order valence-corrected chi connectivity index (χ2v) is 4.24. The molecule has 0 amide bonds. The van der Waals surface area contributed by atoms with Crippen LogP contribution in [0.3, 0.4) is 0 Å². The van der Waals surface area contributed by atoms with Gasteiger partial charge in [0.2, 0.25) is 0 Å². The summed E-state index contributed by atoms with van der Waals surface area (Å²) < 4.78 is 0. The molecule has 0 radical (unpaired) electrons. The van der Waals surface area contributed by atoms with Gasteiger partial charge in [0, 0.05) is 0 Å². The lowest BCUT2D eigenvalue weighted by Crippen LogP contribution is -2.14. The monoisotopic (exact) mass is 139 g/mol. The molecule has 2 atom stereocenters. The van der Waals surface area contributed by atoms with Gasteiger partial charge >= 0.3 is 0 Å². The second-order valence-electron chi connectivity index (χ2n) is 4.24. The fourth-order valence-electron chi connectivity index (χ4n) is 2.27. The summed E-state index contributed by atoms with van der Waals surface area (Å²) in [6, 6.07) is 0.